The van der Waals surface area contributed by atoms with Crippen LogP contribution in [0.1, 0.15) is 25.3 Å². The van der Waals surface area contributed by atoms with Crippen LogP contribution in [0.15, 0.2) is 30.3 Å². The molecule has 0 saturated carbocycles. The maximum absolute atomic E-state index is 11.3. The molecule has 3 nitrogen and oxygen atoms in total. The topological polar surface area (TPSA) is 46.2 Å². The van der Waals surface area contributed by atoms with Crippen LogP contribution in [-0.2, 0) is 9.84 Å². The Kier molecular flexibility index (Phi) is 5.65. The van der Waals surface area contributed by atoms with Crippen LogP contribution in [-0.4, -0.2) is 33.0 Å². The molecular formula is C13H21NO2S. The van der Waals surface area contributed by atoms with Gasteiger partial charge in [0.15, 0.2) is 9.84 Å². The van der Waals surface area contributed by atoms with E-state index in [1.807, 2.05) is 18.2 Å². The summed E-state index contributed by atoms with van der Waals surface area (Å²) >= 11 is 0. The highest BCUT2D eigenvalue weighted by molar-refractivity contribution is 7.91. The van der Waals surface area contributed by atoms with E-state index in [9.17, 15) is 8.42 Å². The van der Waals surface area contributed by atoms with Crippen molar-refractivity contribution in [3.8, 4) is 0 Å². The maximum atomic E-state index is 11.3. The fourth-order valence-corrected chi connectivity index (χ4v) is 2.33. The molecule has 1 rings (SSSR count). The number of sulfone groups is 1. The number of benzene rings is 1. The van der Waals surface area contributed by atoms with Gasteiger partial charge in [-0.2, -0.15) is 0 Å². The highest BCUT2D eigenvalue weighted by atomic mass is 32.2. The first-order valence-electron chi connectivity index (χ1n) is 6.01. The minimum Gasteiger partial charge on any atom is -0.315 e. The molecule has 0 aliphatic heterocycles. The van der Waals surface area contributed by atoms with Gasteiger partial charge in [-0.15, -0.1) is 0 Å². The summed E-state index contributed by atoms with van der Waals surface area (Å²) in [6.45, 7) is 5.16. The molecule has 0 amide bonds. The summed E-state index contributed by atoms with van der Waals surface area (Å²) in [6, 6.07) is 10.2. The van der Waals surface area contributed by atoms with Crippen molar-refractivity contribution in [2.45, 2.75) is 19.8 Å². The lowest BCUT2D eigenvalue weighted by molar-refractivity contribution is 0.586. The lowest BCUT2D eigenvalue weighted by Crippen LogP contribution is -2.27. The number of hydrogen-bond donors (Lipinski definition) is 1. The molecule has 0 bridgehead atoms. The number of nitrogens with one attached hydrogen (secondary N) is 1. The molecule has 0 saturated heterocycles. The predicted octanol–water partition coefficient (Wildman–Crippen LogP) is 1.81. The van der Waals surface area contributed by atoms with Crippen molar-refractivity contribution >= 4 is 9.84 Å². The molecule has 0 spiro atoms. The van der Waals surface area contributed by atoms with E-state index in [-0.39, 0.29) is 11.5 Å². The van der Waals surface area contributed by atoms with Gasteiger partial charge in [-0.3, -0.25) is 0 Å². The van der Waals surface area contributed by atoms with Crippen LogP contribution < -0.4 is 5.32 Å². The molecule has 1 atom stereocenters. The molecule has 17 heavy (non-hydrogen) atoms. The summed E-state index contributed by atoms with van der Waals surface area (Å²) in [4.78, 5) is 0. The van der Waals surface area contributed by atoms with E-state index in [2.05, 4.69) is 24.4 Å². The Bertz CT molecular complexity index is 414. The van der Waals surface area contributed by atoms with Crippen LogP contribution in [0, 0.1) is 0 Å². The Morgan fingerprint density at radius 3 is 2.47 bits per heavy atom. The monoisotopic (exact) mass is 255 g/mol. The zero-order chi connectivity index (χ0) is 12.7. The highest BCUT2D eigenvalue weighted by Gasteiger charge is 2.08. The van der Waals surface area contributed by atoms with E-state index in [0.717, 1.165) is 6.54 Å². The van der Waals surface area contributed by atoms with Gasteiger partial charge in [0.2, 0.25) is 0 Å². The Morgan fingerprint density at radius 2 is 1.88 bits per heavy atom. The van der Waals surface area contributed by atoms with Crippen molar-refractivity contribution in [2.24, 2.45) is 0 Å². The Balaban J connectivity index is 2.28. The first-order chi connectivity index (χ1) is 8.05. The van der Waals surface area contributed by atoms with E-state index in [0.29, 0.717) is 12.5 Å². The third-order valence-electron chi connectivity index (χ3n) is 2.85. The molecule has 4 heteroatoms. The highest BCUT2D eigenvalue weighted by Crippen LogP contribution is 2.12. The first-order valence-corrected chi connectivity index (χ1v) is 7.83. The minimum atomic E-state index is -2.84. The summed E-state index contributed by atoms with van der Waals surface area (Å²) in [6.07, 6.45) is 0. The average molecular weight is 255 g/mol. The van der Waals surface area contributed by atoms with E-state index in [4.69, 9.17) is 0 Å². The molecule has 1 aromatic carbocycles. The van der Waals surface area contributed by atoms with Crippen molar-refractivity contribution < 1.29 is 8.42 Å². The quantitative estimate of drug-likeness (QED) is 0.756. The molecule has 1 N–H and O–H groups in total. The van der Waals surface area contributed by atoms with Gasteiger partial charge in [-0.05, 0) is 11.5 Å². The number of rotatable bonds is 7. The molecule has 0 radical (unpaired) electrons. The second-order valence-corrected chi connectivity index (χ2v) is 6.72. The standard InChI is InChI=1S/C13H21NO2S/c1-3-17(15,16)10-9-14-11-12(2)13-7-5-4-6-8-13/h4-8,12,14H,3,9-11H2,1-2H3. The van der Waals surface area contributed by atoms with E-state index < -0.39 is 9.84 Å². The third kappa shape index (κ3) is 5.33. The number of hydrogen-bond acceptors (Lipinski definition) is 3. The second kappa shape index (κ2) is 6.77. The average Bonchev–Trinajstić information content (AvgIpc) is 2.35. The normalized spacial score (nSPS) is 13.5. The van der Waals surface area contributed by atoms with Crippen molar-refractivity contribution in [2.75, 3.05) is 24.6 Å². The van der Waals surface area contributed by atoms with Crippen molar-refractivity contribution in [1.82, 2.24) is 5.32 Å². The van der Waals surface area contributed by atoms with Gasteiger partial charge in [0, 0.05) is 18.8 Å². The Hall–Kier alpha value is -0.870. The van der Waals surface area contributed by atoms with E-state index >= 15 is 0 Å². The molecule has 0 aliphatic carbocycles. The molecule has 1 aromatic rings. The summed E-state index contributed by atoms with van der Waals surface area (Å²) in [7, 11) is -2.84. The van der Waals surface area contributed by atoms with Crippen LogP contribution in [0.2, 0.25) is 0 Å². The molecule has 1 unspecified atom stereocenters. The molecular weight excluding hydrogens is 234 g/mol. The summed E-state index contributed by atoms with van der Waals surface area (Å²) in [5, 5.41) is 3.19. The fraction of sp³-hybridized carbons (Fsp3) is 0.538. The van der Waals surface area contributed by atoms with Crippen molar-refractivity contribution in [3.05, 3.63) is 35.9 Å². The van der Waals surface area contributed by atoms with Gasteiger partial charge in [0.05, 0.1) is 5.75 Å². The largest absolute Gasteiger partial charge is 0.315 e. The van der Waals surface area contributed by atoms with Crippen molar-refractivity contribution in [1.29, 1.82) is 0 Å². The lowest BCUT2D eigenvalue weighted by Gasteiger charge is -2.12. The van der Waals surface area contributed by atoms with Gasteiger partial charge >= 0.3 is 0 Å². The van der Waals surface area contributed by atoms with Crippen LogP contribution >= 0.6 is 0 Å². The fourth-order valence-electron chi connectivity index (χ4n) is 1.59. The van der Waals surface area contributed by atoms with Gasteiger partial charge in [0.1, 0.15) is 0 Å². The van der Waals surface area contributed by atoms with E-state index in [1.54, 1.807) is 6.92 Å². The maximum Gasteiger partial charge on any atom is 0.151 e. The van der Waals surface area contributed by atoms with Gasteiger partial charge in [0.25, 0.3) is 0 Å². The molecule has 0 aliphatic rings. The predicted molar refractivity (Wildman–Crippen MR) is 72.1 cm³/mol. The SMILES string of the molecule is CCS(=O)(=O)CCNCC(C)c1ccccc1. The second-order valence-electron chi connectivity index (χ2n) is 4.25. The summed E-state index contributed by atoms with van der Waals surface area (Å²) in [5.41, 5.74) is 1.28. The van der Waals surface area contributed by atoms with Crippen LogP contribution in [0.4, 0.5) is 0 Å². The molecule has 0 aromatic heterocycles. The first kappa shape index (κ1) is 14.2. The third-order valence-corrected chi connectivity index (χ3v) is 4.55. The van der Waals surface area contributed by atoms with Gasteiger partial charge in [-0.25, -0.2) is 8.42 Å². The van der Waals surface area contributed by atoms with Gasteiger partial charge in [-0.1, -0.05) is 44.2 Å². The molecule has 96 valence electrons. The van der Waals surface area contributed by atoms with Crippen molar-refractivity contribution in [3.63, 3.8) is 0 Å². The molecule has 0 heterocycles. The lowest BCUT2D eigenvalue weighted by atomic mass is 10.0. The van der Waals surface area contributed by atoms with Crippen LogP contribution in [0.3, 0.4) is 0 Å². The zero-order valence-electron chi connectivity index (χ0n) is 10.5. The minimum absolute atomic E-state index is 0.225. The smallest absolute Gasteiger partial charge is 0.151 e. The van der Waals surface area contributed by atoms with Gasteiger partial charge < -0.3 is 5.32 Å². The Morgan fingerprint density at radius 1 is 1.24 bits per heavy atom. The van der Waals surface area contributed by atoms with E-state index in [1.165, 1.54) is 5.56 Å². The summed E-state index contributed by atoms with van der Waals surface area (Å²) in [5.74, 6) is 0.856. The summed E-state index contributed by atoms with van der Waals surface area (Å²) < 4.78 is 22.5. The Labute approximate surface area is 104 Å². The van der Waals surface area contributed by atoms with Crippen LogP contribution in [0.25, 0.3) is 0 Å². The van der Waals surface area contributed by atoms with Crippen LogP contribution in [0.5, 0.6) is 0 Å². The molecule has 0 fully saturated rings. The zero-order valence-corrected chi connectivity index (χ0v) is 11.3.